The predicted molar refractivity (Wildman–Crippen MR) is 63.5 cm³/mol. The highest BCUT2D eigenvalue weighted by molar-refractivity contribution is 5.74. The minimum atomic E-state index is 0. The van der Waals surface area contributed by atoms with E-state index < -0.39 is 0 Å². The van der Waals surface area contributed by atoms with Gasteiger partial charge in [0.15, 0.2) is 0 Å². The van der Waals surface area contributed by atoms with Crippen molar-refractivity contribution >= 4 is 11.0 Å². The van der Waals surface area contributed by atoms with Crippen molar-refractivity contribution in [2.75, 3.05) is 0 Å². The predicted octanol–water partition coefficient (Wildman–Crippen LogP) is 3.92. The summed E-state index contributed by atoms with van der Waals surface area (Å²) in [6.07, 6.45) is 4.35. The fraction of sp³-hybridized carbons (Fsp3) is 0.417. The molecule has 0 amide bonds. The molecule has 0 spiro atoms. The van der Waals surface area contributed by atoms with E-state index in [4.69, 9.17) is 0 Å². The third-order valence-electron chi connectivity index (χ3n) is 2.08. The molecule has 78 valence electrons. The Morgan fingerprint density at radius 1 is 1.29 bits per heavy atom. The zero-order chi connectivity index (χ0) is 10.4. The number of aromatic amines is 1. The smallest absolute Gasteiger partial charge is 0.0931 e. The lowest BCUT2D eigenvalue weighted by atomic mass is 10.2. The Morgan fingerprint density at radius 3 is 2.64 bits per heavy atom. The topological polar surface area (TPSA) is 28.7 Å². The lowest BCUT2D eigenvalue weighted by Gasteiger charge is -1.89. The molecular weight excluding hydrogens is 172 g/mol. The van der Waals surface area contributed by atoms with Gasteiger partial charge in [-0.3, -0.25) is 0 Å². The van der Waals surface area contributed by atoms with Crippen LogP contribution in [0.1, 0.15) is 33.7 Å². The molecule has 0 unspecified atom stereocenters. The maximum absolute atomic E-state index is 4.10. The van der Waals surface area contributed by atoms with Crippen LogP contribution in [-0.4, -0.2) is 9.97 Å². The van der Waals surface area contributed by atoms with E-state index in [1.807, 2.05) is 6.07 Å². The summed E-state index contributed by atoms with van der Waals surface area (Å²) in [7, 11) is 0. The molecule has 14 heavy (non-hydrogen) atoms. The number of fused-ring (bicyclic) bond motifs is 1. The molecule has 0 bridgehead atoms. The highest BCUT2D eigenvalue weighted by Gasteiger charge is 1.92. The van der Waals surface area contributed by atoms with Gasteiger partial charge in [0.2, 0.25) is 0 Å². The van der Waals surface area contributed by atoms with E-state index in [2.05, 4.69) is 42.9 Å². The van der Waals surface area contributed by atoms with Crippen molar-refractivity contribution in [2.45, 2.75) is 33.6 Å². The average Bonchev–Trinajstić information content (AvgIpc) is 2.65. The zero-order valence-corrected chi connectivity index (χ0v) is 9.17. The highest BCUT2D eigenvalue weighted by Crippen LogP contribution is 2.09. The van der Waals surface area contributed by atoms with Crippen molar-refractivity contribution in [1.29, 1.82) is 0 Å². The Morgan fingerprint density at radius 2 is 2.00 bits per heavy atom. The van der Waals surface area contributed by atoms with E-state index in [-0.39, 0.29) is 1.43 Å². The summed E-state index contributed by atoms with van der Waals surface area (Å²) in [5.74, 6) is 0. The van der Waals surface area contributed by atoms with E-state index in [1.165, 1.54) is 18.4 Å². The van der Waals surface area contributed by atoms with Gasteiger partial charge in [0.1, 0.15) is 0 Å². The molecule has 1 heterocycles. The van der Waals surface area contributed by atoms with Crippen molar-refractivity contribution in [1.82, 2.24) is 9.97 Å². The maximum Gasteiger partial charge on any atom is 0.0931 e. The second-order valence-electron chi connectivity index (χ2n) is 3.42. The molecule has 2 rings (SSSR count). The minimum Gasteiger partial charge on any atom is -0.345 e. The van der Waals surface area contributed by atoms with Crippen LogP contribution in [0.15, 0.2) is 24.5 Å². The third-order valence-corrected chi connectivity index (χ3v) is 2.08. The molecule has 0 atom stereocenters. The van der Waals surface area contributed by atoms with E-state index >= 15 is 0 Å². The molecule has 0 aliphatic rings. The maximum atomic E-state index is 4.10. The van der Waals surface area contributed by atoms with Gasteiger partial charge in [0.25, 0.3) is 0 Å². The number of hydrogen-bond donors (Lipinski definition) is 1. The molecule has 0 saturated carbocycles. The number of H-pyrrole nitrogens is 1. The standard InChI is InChI=1S/C8H8N2.C4H10.H2/c1-6-2-3-7-8(4-6)10-5-9-7;1-3-4-2;/h2-5H,1H3,(H,9,10);3-4H2,1-2H3;1H. The summed E-state index contributed by atoms with van der Waals surface area (Å²) in [5, 5.41) is 0. The van der Waals surface area contributed by atoms with Crippen LogP contribution < -0.4 is 0 Å². The van der Waals surface area contributed by atoms with Crippen LogP contribution in [-0.2, 0) is 0 Å². The molecule has 0 aliphatic carbocycles. The fourth-order valence-electron chi connectivity index (χ4n) is 1.05. The quantitative estimate of drug-likeness (QED) is 0.728. The first-order valence-electron chi connectivity index (χ1n) is 5.17. The van der Waals surface area contributed by atoms with Crippen molar-refractivity contribution in [3.05, 3.63) is 30.1 Å². The van der Waals surface area contributed by atoms with E-state index in [1.54, 1.807) is 6.33 Å². The number of aromatic nitrogens is 2. The Balaban J connectivity index is 0.000000346. The van der Waals surface area contributed by atoms with Gasteiger partial charge in [-0.25, -0.2) is 4.98 Å². The van der Waals surface area contributed by atoms with Gasteiger partial charge in [-0.1, -0.05) is 32.8 Å². The first-order chi connectivity index (χ1) is 6.77. The van der Waals surface area contributed by atoms with Crippen molar-refractivity contribution in [3.63, 3.8) is 0 Å². The number of imidazole rings is 1. The molecule has 0 saturated heterocycles. The number of hydrogen-bond acceptors (Lipinski definition) is 1. The Labute approximate surface area is 86.9 Å². The van der Waals surface area contributed by atoms with Gasteiger partial charge in [0.05, 0.1) is 17.4 Å². The van der Waals surface area contributed by atoms with Gasteiger partial charge in [-0.05, 0) is 24.6 Å². The number of nitrogens with zero attached hydrogens (tertiary/aromatic N) is 1. The third kappa shape index (κ3) is 2.87. The SMILES string of the molecule is CCCC.Cc1ccc2nc[nH]c2c1.[HH]. The van der Waals surface area contributed by atoms with Gasteiger partial charge < -0.3 is 4.98 Å². The second-order valence-corrected chi connectivity index (χ2v) is 3.42. The summed E-state index contributed by atoms with van der Waals surface area (Å²) in [4.78, 5) is 7.15. The van der Waals surface area contributed by atoms with Crippen LogP contribution in [0.2, 0.25) is 0 Å². The van der Waals surface area contributed by atoms with Gasteiger partial charge >= 0.3 is 0 Å². The first-order valence-corrected chi connectivity index (χ1v) is 5.17. The number of unbranched alkanes of at least 4 members (excludes halogenated alkanes) is 1. The zero-order valence-electron chi connectivity index (χ0n) is 9.17. The second kappa shape index (κ2) is 5.43. The molecule has 2 nitrogen and oxygen atoms in total. The van der Waals surface area contributed by atoms with Crippen LogP contribution in [0.25, 0.3) is 11.0 Å². The van der Waals surface area contributed by atoms with Crippen molar-refractivity contribution < 1.29 is 1.43 Å². The number of rotatable bonds is 1. The summed E-state index contributed by atoms with van der Waals surface area (Å²) < 4.78 is 0. The molecule has 2 heteroatoms. The van der Waals surface area contributed by atoms with Gasteiger partial charge in [-0.15, -0.1) is 0 Å². The van der Waals surface area contributed by atoms with Crippen LogP contribution in [0.5, 0.6) is 0 Å². The lowest BCUT2D eigenvalue weighted by Crippen LogP contribution is -1.71. The van der Waals surface area contributed by atoms with Crippen molar-refractivity contribution in [3.8, 4) is 0 Å². The summed E-state index contributed by atoms with van der Waals surface area (Å²) in [5.41, 5.74) is 3.40. The Hall–Kier alpha value is -1.31. The average molecular weight is 192 g/mol. The fourth-order valence-corrected chi connectivity index (χ4v) is 1.05. The summed E-state index contributed by atoms with van der Waals surface area (Å²) in [6.45, 7) is 6.43. The summed E-state index contributed by atoms with van der Waals surface area (Å²) in [6, 6.07) is 6.16. The molecule has 2 aromatic rings. The van der Waals surface area contributed by atoms with Crippen molar-refractivity contribution in [2.24, 2.45) is 0 Å². The normalized spacial score (nSPS) is 9.64. The minimum absolute atomic E-state index is 0. The molecule has 1 aromatic heterocycles. The number of benzene rings is 1. The van der Waals surface area contributed by atoms with Gasteiger partial charge in [0, 0.05) is 1.43 Å². The van der Waals surface area contributed by atoms with E-state index in [0.29, 0.717) is 0 Å². The first kappa shape index (κ1) is 10.8. The van der Waals surface area contributed by atoms with E-state index in [0.717, 1.165) is 11.0 Å². The lowest BCUT2D eigenvalue weighted by molar-refractivity contribution is 0.886. The summed E-state index contributed by atoms with van der Waals surface area (Å²) >= 11 is 0. The monoisotopic (exact) mass is 192 g/mol. The molecule has 0 aliphatic heterocycles. The number of aryl methyl sites for hydroxylation is 1. The molecule has 1 aromatic carbocycles. The Kier molecular flexibility index (Phi) is 4.17. The van der Waals surface area contributed by atoms with Crippen LogP contribution in [0, 0.1) is 6.92 Å². The molecular formula is C12H20N2. The van der Waals surface area contributed by atoms with Crippen LogP contribution in [0.3, 0.4) is 0 Å². The largest absolute Gasteiger partial charge is 0.345 e. The molecule has 1 N–H and O–H groups in total. The molecule has 0 fully saturated rings. The van der Waals surface area contributed by atoms with Gasteiger partial charge in [-0.2, -0.15) is 0 Å². The Bertz CT molecular complexity index is 380. The highest BCUT2D eigenvalue weighted by atomic mass is 14.9. The van der Waals surface area contributed by atoms with Crippen LogP contribution >= 0.6 is 0 Å². The van der Waals surface area contributed by atoms with Crippen LogP contribution in [0.4, 0.5) is 0 Å². The molecule has 0 radical (unpaired) electrons. The number of nitrogens with one attached hydrogen (secondary N) is 1. The van der Waals surface area contributed by atoms with E-state index in [9.17, 15) is 0 Å².